The van der Waals surface area contributed by atoms with E-state index < -0.39 is 0 Å². The van der Waals surface area contributed by atoms with Crippen LogP contribution in [0.25, 0.3) is 0 Å². The number of hydrogen-bond acceptors (Lipinski definition) is 3. The molecule has 0 aromatic heterocycles. The lowest BCUT2D eigenvalue weighted by Gasteiger charge is -1.95. The summed E-state index contributed by atoms with van der Waals surface area (Å²) >= 11 is 0. The van der Waals surface area contributed by atoms with Gasteiger partial charge in [-0.1, -0.05) is 0 Å². The molecular formula is C5H13N3. The second kappa shape index (κ2) is 4.46. The molecule has 0 aromatic carbocycles. The van der Waals surface area contributed by atoms with Crippen LogP contribution in [0.1, 0.15) is 6.92 Å². The fraction of sp³-hybridized carbons (Fsp3) is 0.600. The van der Waals surface area contributed by atoms with E-state index in [2.05, 4.69) is 5.32 Å². The summed E-state index contributed by atoms with van der Waals surface area (Å²) in [6, 6.07) is 0. The highest BCUT2D eigenvalue weighted by Crippen LogP contribution is 1.71. The van der Waals surface area contributed by atoms with Crippen molar-refractivity contribution in [3.8, 4) is 0 Å². The van der Waals surface area contributed by atoms with E-state index in [1.54, 1.807) is 6.20 Å². The van der Waals surface area contributed by atoms with Crippen LogP contribution in [0, 0.1) is 0 Å². The van der Waals surface area contributed by atoms with Gasteiger partial charge in [0.25, 0.3) is 0 Å². The standard InChI is InChI=1S/C5H13N3/c1-2-8-4-5(7)3-6/h4,8H,2-3,6-7H2,1H3/b5-4-. The van der Waals surface area contributed by atoms with Crippen LogP contribution in [0.4, 0.5) is 0 Å². The molecule has 3 heteroatoms. The quantitative estimate of drug-likeness (QED) is 0.458. The highest BCUT2D eigenvalue weighted by molar-refractivity contribution is 4.95. The van der Waals surface area contributed by atoms with Gasteiger partial charge in [0.1, 0.15) is 0 Å². The summed E-state index contributed by atoms with van der Waals surface area (Å²) in [5, 5.41) is 2.93. The zero-order valence-corrected chi connectivity index (χ0v) is 5.15. The molecule has 0 bridgehead atoms. The monoisotopic (exact) mass is 115 g/mol. The molecule has 0 aliphatic rings. The molecule has 3 nitrogen and oxygen atoms in total. The van der Waals surface area contributed by atoms with Gasteiger partial charge in [0.15, 0.2) is 0 Å². The lowest BCUT2D eigenvalue weighted by molar-refractivity contribution is 0.894. The Balaban J connectivity index is 3.26. The van der Waals surface area contributed by atoms with Crippen LogP contribution in [-0.2, 0) is 0 Å². The van der Waals surface area contributed by atoms with Gasteiger partial charge in [-0.15, -0.1) is 0 Å². The van der Waals surface area contributed by atoms with E-state index in [0.29, 0.717) is 12.2 Å². The van der Waals surface area contributed by atoms with Gasteiger partial charge in [-0.25, -0.2) is 0 Å². The van der Waals surface area contributed by atoms with E-state index in [1.807, 2.05) is 6.92 Å². The molecule has 0 saturated carbocycles. The fourth-order valence-corrected chi connectivity index (χ4v) is 0.292. The molecule has 0 unspecified atom stereocenters. The third-order valence-electron chi connectivity index (χ3n) is 0.727. The van der Waals surface area contributed by atoms with Crippen molar-refractivity contribution >= 4 is 0 Å². The molecule has 0 radical (unpaired) electrons. The smallest absolute Gasteiger partial charge is 0.0378 e. The van der Waals surface area contributed by atoms with Crippen molar-refractivity contribution < 1.29 is 0 Å². The highest BCUT2D eigenvalue weighted by atomic mass is 14.8. The highest BCUT2D eigenvalue weighted by Gasteiger charge is 1.78. The maximum atomic E-state index is 5.33. The third-order valence-corrected chi connectivity index (χ3v) is 0.727. The normalized spacial score (nSPS) is 11.5. The Morgan fingerprint density at radius 2 is 2.38 bits per heavy atom. The van der Waals surface area contributed by atoms with E-state index >= 15 is 0 Å². The van der Waals surface area contributed by atoms with Gasteiger partial charge in [0.05, 0.1) is 0 Å². The van der Waals surface area contributed by atoms with E-state index in [1.165, 1.54) is 0 Å². The van der Waals surface area contributed by atoms with Crippen LogP contribution in [0.2, 0.25) is 0 Å². The Morgan fingerprint density at radius 3 is 2.75 bits per heavy atom. The molecule has 0 amide bonds. The van der Waals surface area contributed by atoms with Gasteiger partial charge in [0.2, 0.25) is 0 Å². The molecule has 0 aliphatic heterocycles. The average molecular weight is 115 g/mol. The zero-order chi connectivity index (χ0) is 6.41. The zero-order valence-electron chi connectivity index (χ0n) is 5.15. The molecule has 0 aromatic rings. The topological polar surface area (TPSA) is 64.1 Å². The first kappa shape index (κ1) is 7.30. The first-order valence-corrected chi connectivity index (χ1v) is 2.69. The van der Waals surface area contributed by atoms with Crippen molar-refractivity contribution in [3.63, 3.8) is 0 Å². The lowest BCUT2D eigenvalue weighted by Crippen LogP contribution is -2.15. The average Bonchev–Trinajstić information content (AvgIpc) is 1.83. The van der Waals surface area contributed by atoms with Crippen LogP contribution >= 0.6 is 0 Å². The summed E-state index contributed by atoms with van der Waals surface area (Å²) in [5.41, 5.74) is 11.2. The molecule has 5 N–H and O–H groups in total. The molecular weight excluding hydrogens is 102 g/mol. The van der Waals surface area contributed by atoms with Gasteiger partial charge < -0.3 is 16.8 Å². The molecule has 0 aliphatic carbocycles. The van der Waals surface area contributed by atoms with Crippen molar-refractivity contribution in [2.24, 2.45) is 11.5 Å². The Morgan fingerprint density at radius 1 is 1.75 bits per heavy atom. The van der Waals surface area contributed by atoms with Crippen molar-refractivity contribution in [3.05, 3.63) is 11.9 Å². The second-order valence-corrected chi connectivity index (χ2v) is 1.48. The molecule has 8 heavy (non-hydrogen) atoms. The van der Waals surface area contributed by atoms with Crippen LogP contribution in [0.15, 0.2) is 11.9 Å². The maximum absolute atomic E-state index is 5.33. The molecule has 0 atom stereocenters. The summed E-state index contributed by atoms with van der Waals surface area (Å²) in [6.45, 7) is 3.31. The Kier molecular flexibility index (Phi) is 4.07. The number of hydrogen-bond donors (Lipinski definition) is 3. The molecule has 48 valence electrons. The van der Waals surface area contributed by atoms with Crippen molar-refractivity contribution in [2.75, 3.05) is 13.1 Å². The minimum Gasteiger partial charge on any atom is -0.400 e. The van der Waals surface area contributed by atoms with Crippen molar-refractivity contribution in [1.82, 2.24) is 5.32 Å². The van der Waals surface area contributed by atoms with Crippen LogP contribution in [0.3, 0.4) is 0 Å². The largest absolute Gasteiger partial charge is 0.400 e. The first-order valence-electron chi connectivity index (χ1n) is 2.69. The Bertz CT molecular complexity index is 77.7. The summed E-state index contributed by atoms with van der Waals surface area (Å²) in [5.74, 6) is 0. The lowest BCUT2D eigenvalue weighted by atomic mass is 10.5. The molecule has 0 heterocycles. The van der Waals surface area contributed by atoms with E-state index in [4.69, 9.17) is 11.5 Å². The fourth-order valence-electron chi connectivity index (χ4n) is 0.292. The maximum Gasteiger partial charge on any atom is 0.0378 e. The van der Waals surface area contributed by atoms with E-state index in [-0.39, 0.29) is 0 Å². The molecule has 0 saturated heterocycles. The summed E-state index contributed by atoms with van der Waals surface area (Å²) < 4.78 is 0. The van der Waals surface area contributed by atoms with E-state index in [0.717, 1.165) is 6.54 Å². The minimum atomic E-state index is 0.424. The van der Waals surface area contributed by atoms with Crippen LogP contribution in [-0.4, -0.2) is 13.1 Å². The third kappa shape index (κ3) is 3.49. The van der Waals surface area contributed by atoms with Gasteiger partial charge in [-0.3, -0.25) is 0 Å². The van der Waals surface area contributed by atoms with Gasteiger partial charge in [-0.2, -0.15) is 0 Å². The van der Waals surface area contributed by atoms with Crippen LogP contribution in [0.5, 0.6) is 0 Å². The van der Waals surface area contributed by atoms with Crippen molar-refractivity contribution in [1.29, 1.82) is 0 Å². The predicted molar refractivity (Wildman–Crippen MR) is 35.0 cm³/mol. The summed E-state index contributed by atoms with van der Waals surface area (Å²) in [6.07, 6.45) is 1.72. The van der Waals surface area contributed by atoms with Gasteiger partial charge in [0, 0.05) is 25.0 Å². The molecule has 0 rings (SSSR count). The molecule has 0 spiro atoms. The molecule has 0 fully saturated rings. The predicted octanol–water partition coefficient (Wildman–Crippen LogP) is -0.645. The first-order chi connectivity index (χ1) is 3.81. The van der Waals surface area contributed by atoms with E-state index in [9.17, 15) is 0 Å². The SMILES string of the molecule is CCN/C=C(\N)CN. The van der Waals surface area contributed by atoms with Gasteiger partial charge >= 0.3 is 0 Å². The number of rotatable bonds is 3. The number of nitrogens with two attached hydrogens (primary N) is 2. The second-order valence-electron chi connectivity index (χ2n) is 1.48. The summed E-state index contributed by atoms with van der Waals surface area (Å²) in [7, 11) is 0. The number of nitrogens with one attached hydrogen (secondary N) is 1. The summed E-state index contributed by atoms with van der Waals surface area (Å²) in [4.78, 5) is 0. The van der Waals surface area contributed by atoms with Crippen LogP contribution < -0.4 is 16.8 Å². The Labute approximate surface area is 49.7 Å². The van der Waals surface area contributed by atoms with Gasteiger partial charge in [-0.05, 0) is 6.92 Å². The Hall–Kier alpha value is -0.700. The minimum absolute atomic E-state index is 0.424. The van der Waals surface area contributed by atoms with Crippen molar-refractivity contribution in [2.45, 2.75) is 6.92 Å².